The Morgan fingerprint density at radius 1 is 1.25 bits per heavy atom. The molecule has 0 saturated carbocycles. The molecule has 2 heterocycles. The average molecular weight is 275 g/mol. The summed E-state index contributed by atoms with van der Waals surface area (Å²) in [5, 5.41) is 3.02. The molecule has 8 heteroatoms. The molecule has 3 N–H and O–H groups in total. The van der Waals surface area contributed by atoms with Crippen molar-refractivity contribution in [3.63, 3.8) is 0 Å². The fourth-order valence-electron chi connectivity index (χ4n) is 1.73. The molecule has 8 nitrogen and oxygen atoms in total. The lowest BCUT2D eigenvalue weighted by molar-refractivity contribution is 0.174. The molecule has 3 rings (SSSR count). The number of rotatable bonds is 4. The Morgan fingerprint density at radius 2 is 2.10 bits per heavy atom. The van der Waals surface area contributed by atoms with E-state index in [9.17, 15) is 0 Å². The summed E-state index contributed by atoms with van der Waals surface area (Å²) in [6, 6.07) is 5.61. The van der Waals surface area contributed by atoms with E-state index in [1.165, 1.54) is 0 Å². The van der Waals surface area contributed by atoms with E-state index in [1.807, 2.05) is 13.0 Å². The van der Waals surface area contributed by atoms with Crippen molar-refractivity contribution in [2.45, 2.75) is 6.92 Å². The molecular formula is C12H13N5O3. The molecule has 0 atom stereocenters. The largest absolute Gasteiger partial charge is 0.464 e. The number of nitrogens with one attached hydrogen (secondary N) is 1. The van der Waals surface area contributed by atoms with Gasteiger partial charge in [-0.2, -0.15) is 15.0 Å². The number of nitrogens with two attached hydrogens (primary N) is 1. The minimum absolute atomic E-state index is 0.0895. The summed E-state index contributed by atoms with van der Waals surface area (Å²) in [7, 11) is 0. The van der Waals surface area contributed by atoms with Crippen LogP contribution < -0.4 is 25.3 Å². The second kappa shape index (κ2) is 5.08. The van der Waals surface area contributed by atoms with Gasteiger partial charge in [-0.15, -0.1) is 0 Å². The highest BCUT2D eigenvalue weighted by molar-refractivity contribution is 5.60. The van der Waals surface area contributed by atoms with Crippen LogP contribution >= 0.6 is 0 Å². The molecule has 0 aliphatic carbocycles. The van der Waals surface area contributed by atoms with Crippen molar-refractivity contribution in [1.29, 1.82) is 0 Å². The number of nitrogen functional groups attached to an aromatic ring is 1. The minimum Gasteiger partial charge on any atom is -0.464 e. The zero-order valence-electron chi connectivity index (χ0n) is 10.8. The van der Waals surface area contributed by atoms with Gasteiger partial charge in [0.25, 0.3) is 0 Å². The first-order valence-electron chi connectivity index (χ1n) is 6.05. The third-order valence-corrected chi connectivity index (χ3v) is 2.53. The van der Waals surface area contributed by atoms with Gasteiger partial charge >= 0.3 is 6.01 Å². The maximum absolute atomic E-state index is 5.61. The molecule has 1 aromatic carbocycles. The van der Waals surface area contributed by atoms with Gasteiger partial charge in [-0.25, -0.2) is 0 Å². The smallest absolute Gasteiger partial charge is 0.323 e. The second-order valence-corrected chi connectivity index (χ2v) is 3.93. The SMILES string of the molecule is CCOc1nc(N)nc(Nc2ccc3c(c2)OCO3)n1. The van der Waals surface area contributed by atoms with Crippen molar-refractivity contribution in [3.05, 3.63) is 18.2 Å². The quantitative estimate of drug-likeness (QED) is 0.861. The van der Waals surface area contributed by atoms with Crippen LogP contribution in [0.5, 0.6) is 17.5 Å². The number of aromatic nitrogens is 3. The number of benzene rings is 1. The second-order valence-electron chi connectivity index (χ2n) is 3.93. The number of nitrogens with zero attached hydrogens (tertiary/aromatic N) is 3. The van der Waals surface area contributed by atoms with E-state index in [2.05, 4.69) is 20.3 Å². The van der Waals surface area contributed by atoms with Gasteiger partial charge in [-0.1, -0.05) is 0 Å². The van der Waals surface area contributed by atoms with Crippen LogP contribution in [0.1, 0.15) is 6.92 Å². The van der Waals surface area contributed by atoms with Gasteiger partial charge in [0.05, 0.1) is 6.61 Å². The molecule has 0 amide bonds. The Kier molecular flexibility index (Phi) is 3.12. The van der Waals surface area contributed by atoms with Crippen molar-refractivity contribution in [3.8, 4) is 17.5 Å². The van der Waals surface area contributed by atoms with Gasteiger partial charge in [-0.05, 0) is 19.1 Å². The van der Waals surface area contributed by atoms with E-state index >= 15 is 0 Å². The van der Waals surface area contributed by atoms with Crippen molar-refractivity contribution in [2.24, 2.45) is 0 Å². The van der Waals surface area contributed by atoms with Crippen molar-refractivity contribution < 1.29 is 14.2 Å². The van der Waals surface area contributed by atoms with Crippen LogP contribution in [-0.4, -0.2) is 28.4 Å². The third-order valence-electron chi connectivity index (χ3n) is 2.53. The van der Waals surface area contributed by atoms with Crippen LogP contribution in [0.25, 0.3) is 0 Å². The predicted octanol–water partition coefficient (Wildman–Crippen LogP) is 1.32. The molecule has 0 unspecified atom stereocenters. The zero-order valence-corrected chi connectivity index (χ0v) is 10.8. The molecule has 104 valence electrons. The fraction of sp³-hybridized carbons (Fsp3) is 0.250. The van der Waals surface area contributed by atoms with E-state index in [1.54, 1.807) is 12.1 Å². The first kappa shape index (κ1) is 12.3. The summed E-state index contributed by atoms with van der Waals surface area (Å²) in [6.45, 7) is 2.52. The van der Waals surface area contributed by atoms with Gasteiger partial charge in [0.15, 0.2) is 11.5 Å². The molecule has 0 spiro atoms. The van der Waals surface area contributed by atoms with Gasteiger partial charge < -0.3 is 25.3 Å². The van der Waals surface area contributed by atoms with Crippen LogP contribution in [0.15, 0.2) is 18.2 Å². The number of hydrogen-bond donors (Lipinski definition) is 2. The summed E-state index contributed by atoms with van der Waals surface area (Å²) in [4.78, 5) is 12.0. The summed E-state index contributed by atoms with van der Waals surface area (Å²) in [5.74, 6) is 1.77. The van der Waals surface area contributed by atoms with Crippen molar-refractivity contribution >= 4 is 17.6 Å². The van der Waals surface area contributed by atoms with Crippen LogP contribution in [0.3, 0.4) is 0 Å². The number of fused-ring (bicyclic) bond motifs is 1. The van der Waals surface area contributed by atoms with E-state index in [0.717, 1.165) is 5.69 Å². The van der Waals surface area contributed by atoms with E-state index in [-0.39, 0.29) is 18.8 Å². The number of hydrogen-bond acceptors (Lipinski definition) is 8. The lowest BCUT2D eigenvalue weighted by Crippen LogP contribution is -2.06. The van der Waals surface area contributed by atoms with Crippen molar-refractivity contribution in [1.82, 2.24) is 15.0 Å². The molecule has 0 radical (unpaired) electrons. The number of ether oxygens (including phenoxy) is 3. The van der Waals surface area contributed by atoms with Gasteiger partial charge in [0, 0.05) is 11.8 Å². The lowest BCUT2D eigenvalue weighted by Gasteiger charge is -2.07. The fourth-order valence-corrected chi connectivity index (χ4v) is 1.73. The molecule has 1 aromatic heterocycles. The summed E-state index contributed by atoms with van der Waals surface area (Å²) >= 11 is 0. The highest BCUT2D eigenvalue weighted by atomic mass is 16.7. The summed E-state index contributed by atoms with van der Waals surface area (Å²) < 4.78 is 15.8. The molecular weight excluding hydrogens is 262 g/mol. The molecule has 1 aliphatic heterocycles. The molecule has 0 fully saturated rings. The maximum atomic E-state index is 5.61. The lowest BCUT2D eigenvalue weighted by atomic mass is 10.3. The van der Waals surface area contributed by atoms with Crippen LogP contribution in [0.2, 0.25) is 0 Å². The summed E-state index contributed by atoms with van der Waals surface area (Å²) in [6.07, 6.45) is 0. The molecule has 0 bridgehead atoms. The van der Waals surface area contributed by atoms with E-state index < -0.39 is 0 Å². The highest BCUT2D eigenvalue weighted by Gasteiger charge is 2.14. The molecule has 0 saturated heterocycles. The Balaban J connectivity index is 1.83. The maximum Gasteiger partial charge on any atom is 0.323 e. The van der Waals surface area contributed by atoms with Crippen molar-refractivity contribution in [2.75, 3.05) is 24.5 Å². The standard InChI is InChI=1S/C12H13N5O3/c1-2-18-12-16-10(13)15-11(17-12)14-7-3-4-8-9(5-7)20-6-19-8/h3-5H,2,6H2,1H3,(H3,13,14,15,16,17). The molecule has 20 heavy (non-hydrogen) atoms. The van der Waals surface area contributed by atoms with Crippen LogP contribution in [0.4, 0.5) is 17.6 Å². The monoisotopic (exact) mass is 275 g/mol. The Bertz CT molecular complexity index is 634. The van der Waals surface area contributed by atoms with Gasteiger partial charge in [-0.3, -0.25) is 0 Å². The predicted molar refractivity (Wildman–Crippen MR) is 71.3 cm³/mol. The molecule has 2 aromatic rings. The van der Waals surface area contributed by atoms with E-state index in [4.69, 9.17) is 19.9 Å². The Labute approximate surface area is 114 Å². The summed E-state index contributed by atoms with van der Waals surface area (Å²) in [5.41, 5.74) is 6.36. The zero-order chi connectivity index (χ0) is 13.9. The van der Waals surface area contributed by atoms with Gasteiger partial charge in [0.2, 0.25) is 18.7 Å². The third kappa shape index (κ3) is 2.48. The Hall–Kier alpha value is -2.77. The average Bonchev–Trinajstić information content (AvgIpc) is 2.85. The van der Waals surface area contributed by atoms with Gasteiger partial charge in [0.1, 0.15) is 0 Å². The normalized spacial score (nSPS) is 12.2. The Morgan fingerprint density at radius 3 is 2.95 bits per heavy atom. The highest BCUT2D eigenvalue weighted by Crippen LogP contribution is 2.34. The van der Waals surface area contributed by atoms with Crippen LogP contribution in [0, 0.1) is 0 Å². The van der Waals surface area contributed by atoms with E-state index in [0.29, 0.717) is 24.1 Å². The molecule has 1 aliphatic rings. The van der Waals surface area contributed by atoms with Crippen LogP contribution in [-0.2, 0) is 0 Å². The first-order valence-corrected chi connectivity index (χ1v) is 6.05. The topological polar surface area (TPSA) is 104 Å². The minimum atomic E-state index is 0.0895. The number of anilines is 3. The first-order chi connectivity index (χ1) is 9.74.